The highest BCUT2D eigenvalue weighted by Gasteiger charge is 2.36. The molecule has 0 bridgehead atoms. The molecule has 3 aromatic rings. The molecule has 0 radical (unpaired) electrons. The molecule has 0 aromatic heterocycles. The number of sulfonamides is 1. The standard InChI is InChI=1S/C26H28N2O5S/c1-18-15-20-7-4-5-10-23(20)28(18)34(30,31)22-9-6-8-21(17-22)26(29)27-14-13-19-11-12-24(32-2)25(16-19)33-3/h4-12,16-18H,13-15H2,1-3H3,(H,27,29). The molecule has 1 heterocycles. The number of rotatable bonds is 8. The SMILES string of the molecule is COc1ccc(CCNC(=O)c2cccc(S(=O)(=O)N3c4ccccc4CC3C)c2)cc1OC. The van der Waals surface area contributed by atoms with Gasteiger partial charge in [0.15, 0.2) is 11.5 Å². The van der Waals surface area contributed by atoms with E-state index in [9.17, 15) is 13.2 Å². The molecule has 34 heavy (non-hydrogen) atoms. The molecule has 7 nitrogen and oxygen atoms in total. The van der Waals surface area contributed by atoms with Crippen molar-refractivity contribution in [2.45, 2.75) is 30.7 Å². The van der Waals surface area contributed by atoms with Gasteiger partial charge in [-0.3, -0.25) is 9.10 Å². The van der Waals surface area contributed by atoms with Crippen LogP contribution in [0.25, 0.3) is 0 Å². The molecule has 178 valence electrons. The smallest absolute Gasteiger partial charge is 0.264 e. The Morgan fingerprint density at radius 1 is 1.00 bits per heavy atom. The topological polar surface area (TPSA) is 84.9 Å². The van der Waals surface area contributed by atoms with E-state index in [0.717, 1.165) is 11.1 Å². The molecular formula is C26H28N2O5S. The third-order valence-corrected chi connectivity index (χ3v) is 7.87. The highest BCUT2D eigenvalue weighted by Crippen LogP contribution is 2.36. The van der Waals surface area contributed by atoms with Crippen molar-refractivity contribution in [1.29, 1.82) is 0 Å². The quantitative estimate of drug-likeness (QED) is 0.530. The van der Waals surface area contributed by atoms with Crippen molar-refractivity contribution in [2.24, 2.45) is 0 Å². The van der Waals surface area contributed by atoms with E-state index in [1.54, 1.807) is 26.4 Å². The van der Waals surface area contributed by atoms with E-state index in [2.05, 4.69) is 5.32 Å². The van der Waals surface area contributed by atoms with Crippen molar-refractivity contribution >= 4 is 21.6 Å². The molecule has 1 amide bonds. The first-order valence-corrected chi connectivity index (χ1v) is 12.5. The monoisotopic (exact) mass is 480 g/mol. The number of carbonyl (C=O) groups excluding carboxylic acids is 1. The van der Waals surface area contributed by atoms with Gasteiger partial charge in [0.05, 0.1) is 24.8 Å². The maximum Gasteiger partial charge on any atom is 0.264 e. The van der Waals surface area contributed by atoms with Gasteiger partial charge in [0, 0.05) is 18.2 Å². The number of nitrogens with zero attached hydrogens (tertiary/aromatic N) is 1. The van der Waals surface area contributed by atoms with Crippen molar-refractivity contribution in [3.63, 3.8) is 0 Å². The van der Waals surface area contributed by atoms with E-state index in [-0.39, 0.29) is 16.8 Å². The van der Waals surface area contributed by atoms with Gasteiger partial charge in [-0.05, 0) is 67.3 Å². The summed E-state index contributed by atoms with van der Waals surface area (Å²) in [4.78, 5) is 12.9. The molecule has 0 saturated heterocycles. The summed E-state index contributed by atoms with van der Waals surface area (Å²) in [6.07, 6.45) is 1.25. The summed E-state index contributed by atoms with van der Waals surface area (Å²) >= 11 is 0. The Balaban J connectivity index is 1.47. The van der Waals surface area contributed by atoms with E-state index in [1.807, 2.05) is 49.4 Å². The number of anilines is 1. The van der Waals surface area contributed by atoms with Crippen LogP contribution in [0.5, 0.6) is 11.5 Å². The third kappa shape index (κ3) is 4.59. The molecule has 1 N–H and O–H groups in total. The summed E-state index contributed by atoms with van der Waals surface area (Å²) in [5, 5.41) is 2.87. The van der Waals surface area contributed by atoms with Gasteiger partial charge in [-0.1, -0.05) is 30.3 Å². The van der Waals surface area contributed by atoms with Crippen molar-refractivity contribution in [3.8, 4) is 11.5 Å². The molecule has 3 aromatic carbocycles. The molecule has 1 unspecified atom stereocenters. The van der Waals surface area contributed by atoms with Gasteiger partial charge in [0.25, 0.3) is 15.9 Å². The zero-order valence-corrected chi connectivity index (χ0v) is 20.3. The fourth-order valence-corrected chi connectivity index (χ4v) is 6.01. The molecular weight excluding hydrogens is 452 g/mol. The van der Waals surface area contributed by atoms with Crippen LogP contribution in [0.2, 0.25) is 0 Å². The largest absolute Gasteiger partial charge is 0.493 e. The summed E-state index contributed by atoms with van der Waals surface area (Å²) in [6, 6.07) is 19.1. The number of amides is 1. The lowest BCUT2D eigenvalue weighted by molar-refractivity contribution is 0.0954. The maximum absolute atomic E-state index is 13.5. The summed E-state index contributed by atoms with van der Waals surface area (Å²) in [6.45, 7) is 2.28. The number of carbonyl (C=O) groups is 1. The van der Waals surface area contributed by atoms with Gasteiger partial charge >= 0.3 is 0 Å². The maximum atomic E-state index is 13.5. The fraction of sp³-hybridized carbons (Fsp3) is 0.269. The van der Waals surface area contributed by atoms with E-state index in [4.69, 9.17) is 9.47 Å². The highest BCUT2D eigenvalue weighted by molar-refractivity contribution is 7.92. The molecule has 1 aliphatic heterocycles. The molecule has 0 saturated carbocycles. The van der Waals surface area contributed by atoms with E-state index in [0.29, 0.717) is 42.1 Å². The number of benzene rings is 3. The predicted molar refractivity (Wildman–Crippen MR) is 131 cm³/mol. The lowest BCUT2D eigenvalue weighted by Gasteiger charge is -2.24. The van der Waals surface area contributed by atoms with Crippen LogP contribution in [-0.2, 0) is 22.9 Å². The number of methoxy groups -OCH3 is 2. The first-order chi connectivity index (χ1) is 16.3. The van der Waals surface area contributed by atoms with Gasteiger partial charge < -0.3 is 14.8 Å². The molecule has 0 aliphatic carbocycles. The van der Waals surface area contributed by atoms with Crippen LogP contribution >= 0.6 is 0 Å². The first kappa shape index (κ1) is 23.6. The second-order valence-corrected chi connectivity index (χ2v) is 10.0. The number of nitrogens with one attached hydrogen (secondary N) is 1. The highest BCUT2D eigenvalue weighted by atomic mass is 32.2. The van der Waals surface area contributed by atoms with Crippen LogP contribution in [0.4, 0.5) is 5.69 Å². The summed E-state index contributed by atoms with van der Waals surface area (Å²) in [5.41, 5.74) is 2.98. The van der Waals surface area contributed by atoms with Crippen molar-refractivity contribution < 1.29 is 22.7 Å². The number of ether oxygens (including phenoxy) is 2. The summed E-state index contributed by atoms with van der Waals surface area (Å²) in [5.74, 6) is 0.942. The second kappa shape index (κ2) is 9.77. The normalized spacial score (nSPS) is 15.0. The summed E-state index contributed by atoms with van der Waals surface area (Å²) in [7, 11) is -0.654. The molecule has 8 heteroatoms. The number of hydrogen-bond acceptors (Lipinski definition) is 5. The van der Waals surface area contributed by atoms with E-state index < -0.39 is 10.0 Å². The molecule has 1 atom stereocenters. The Labute approximate surface area is 200 Å². The Hall–Kier alpha value is -3.52. The fourth-order valence-electron chi connectivity index (χ4n) is 4.27. The second-order valence-electron chi connectivity index (χ2n) is 8.21. The van der Waals surface area contributed by atoms with Crippen LogP contribution in [-0.4, -0.2) is 41.1 Å². The van der Waals surface area contributed by atoms with Gasteiger partial charge in [-0.25, -0.2) is 8.42 Å². The molecule has 0 spiro atoms. The molecule has 0 fully saturated rings. The van der Waals surface area contributed by atoms with Crippen LogP contribution in [0.3, 0.4) is 0 Å². The van der Waals surface area contributed by atoms with Gasteiger partial charge in [-0.2, -0.15) is 0 Å². The number of para-hydroxylation sites is 1. The Morgan fingerprint density at radius 2 is 1.76 bits per heavy atom. The van der Waals surface area contributed by atoms with Gasteiger partial charge in [0.2, 0.25) is 0 Å². The van der Waals surface area contributed by atoms with E-state index >= 15 is 0 Å². The van der Waals surface area contributed by atoms with Gasteiger partial charge in [-0.15, -0.1) is 0 Å². The minimum Gasteiger partial charge on any atom is -0.493 e. The Morgan fingerprint density at radius 3 is 2.53 bits per heavy atom. The predicted octanol–water partition coefficient (Wildman–Crippen LogP) is 3.82. The van der Waals surface area contributed by atoms with Crippen LogP contribution in [0.1, 0.15) is 28.4 Å². The van der Waals surface area contributed by atoms with Crippen LogP contribution < -0.4 is 19.1 Å². The minimum atomic E-state index is -3.81. The summed E-state index contributed by atoms with van der Waals surface area (Å²) < 4.78 is 39.0. The average Bonchev–Trinajstić information content (AvgIpc) is 3.20. The van der Waals surface area contributed by atoms with Crippen molar-refractivity contribution in [2.75, 3.05) is 25.1 Å². The number of fused-ring (bicyclic) bond motifs is 1. The van der Waals surface area contributed by atoms with Crippen molar-refractivity contribution in [3.05, 3.63) is 83.4 Å². The Bertz CT molecular complexity index is 1310. The first-order valence-electron chi connectivity index (χ1n) is 11.1. The molecule has 1 aliphatic rings. The average molecular weight is 481 g/mol. The minimum absolute atomic E-state index is 0.101. The zero-order valence-electron chi connectivity index (χ0n) is 19.4. The van der Waals surface area contributed by atoms with Gasteiger partial charge in [0.1, 0.15) is 0 Å². The lowest BCUT2D eigenvalue weighted by atomic mass is 10.1. The van der Waals surface area contributed by atoms with E-state index in [1.165, 1.54) is 16.4 Å². The van der Waals surface area contributed by atoms with Crippen molar-refractivity contribution in [1.82, 2.24) is 5.32 Å². The van der Waals surface area contributed by atoms with Crippen LogP contribution in [0.15, 0.2) is 71.6 Å². The zero-order chi connectivity index (χ0) is 24.3. The lowest BCUT2D eigenvalue weighted by Crippen LogP contribution is -2.36. The Kier molecular flexibility index (Phi) is 6.79. The number of hydrogen-bond donors (Lipinski definition) is 1. The van der Waals surface area contributed by atoms with Crippen LogP contribution in [0, 0.1) is 0 Å². The molecule has 4 rings (SSSR count). The third-order valence-electron chi connectivity index (χ3n) is 5.94.